The number of rotatable bonds is 9. The van der Waals surface area contributed by atoms with E-state index in [1.807, 2.05) is 30.3 Å². The van der Waals surface area contributed by atoms with Gasteiger partial charge < -0.3 is 30.1 Å². The SMILES string of the molecule is O=C(NC1CCCN(C(=O)OCc2ccccc2)C(O)C1)C(CS(=O)(=O)Cc1ccccc1)NC(=O)N1CCOCC1. The predicted molar refractivity (Wildman–Crippen MR) is 154 cm³/mol. The largest absolute Gasteiger partial charge is 0.444 e. The summed E-state index contributed by atoms with van der Waals surface area (Å²) < 4.78 is 36.8. The van der Waals surface area contributed by atoms with Crippen LogP contribution in [0.2, 0.25) is 0 Å². The van der Waals surface area contributed by atoms with Crippen molar-refractivity contribution in [2.24, 2.45) is 0 Å². The molecule has 3 unspecified atom stereocenters. The lowest BCUT2D eigenvalue weighted by Crippen LogP contribution is -2.57. The van der Waals surface area contributed by atoms with E-state index in [0.29, 0.717) is 44.7 Å². The molecule has 0 saturated carbocycles. The number of nitrogens with one attached hydrogen (secondary N) is 2. The summed E-state index contributed by atoms with van der Waals surface area (Å²) in [6.07, 6.45) is -0.955. The van der Waals surface area contributed by atoms with Gasteiger partial charge >= 0.3 is 12.1 Å². The van der Waals surface area contributed by atoms with Crippen molar-refractivity contribution in [2.75, 3.05) is 38.6 Å². The number of morpholine rings is 1. The molecule has 12 nitrogen and oxygen atoms in total. The van der Waals surface area contributed by atoms with Crippen LogP contribution >= 0.6 is 0 Å². The molecule has 2 aromatic rings. The molecule has 2 heterocycles. The number of carbonyl (C=O) groups is 3. The molecule has 0 spiro atoms. The van der Waals surface area contributed by atoms with Crippen LogP contribution in [0.3, 0.4) is 0 Å². The summed E-state index contributed by atoms with van der Waals surface area (Å²) in [5, 5.41) is 16.2. The molecule has 2 saturated heterocycles. The number of nitrogens with zero attached hydrogens (tertiary/aromatic N) is 2. The van der Waals surface area contributed by atoms with E-state index in [-0.39, 0.29) is 25.3 Å². The van der Waals surface area contributed by atoms with Crippen LogP contribution < -0.4 is 10.6 Å². The topological polar surface area (TPSA) is 155 Å². The first-order valence-electron chi connectivity index (χ1n) is 14.0. The second-order valence-electron chi connectivity index (χ2n) is 10.4. The third-order valence-electron chi connectivity index (χ3n) is 7.16. The Labute approximate surface area is 245 Å². The van der Waals surface area contributed by atoms with Crippen LogP contribution in [0.4, 0.5) is 9.59 Å². The molecule has 0 radical (unpaired) electrons. The van der Waals surface area contributed by atoms with Gasteiger partial charge in [-0.3, -0.25) is 9.69 Å². The monoisotopic (exact) mass is 602 g/mol. The maximum Gasteiger partial charge on any atom is 0.412 e. The number of aliphatic hydroxyl groups excluding tert-OH is 1. The highest BCUT2D eigenvalue weighted by atomic mass is 32.2. The number of carbonyl (C=O) groups excluding carboxylic acids is 3. The third-order valence-corrected chi connectivity index (χ3v) is 8.77. The quantitative estimate of drug-likeness (QED) is 0.391. The summed E-state index contributed by atoms with van der Waals surface area (Å²) in [7, 11) is -3.80. The molecule has 13 heteroatoms. The molecule has 0 bridgehead atoms. The van der Waals surface area contributed by atoms with Crippen molar-refractivity contribution >= 4 is 27.9 Å². The van der Waals surface area contributed by atoms with E-state index in [1.54, 1.807) is 30.3 Å². The van der Waals surface area contributed by atoms with Gasteiger partial charge in [0.15, 0.2) is 9.84 Å². The highest BCUT2D eigenvalue weighted by Gasteiger charge is 2.34. The van der Waals surface area contributed by atoms with Gasteiger partial charge in [-0.15, -0.1) is 0 Å². The first-order valence-corrected chi connectivity index (χ1v) is 15.9. The second kappa shape index (κ2) is 15.0. The smallest absolute Gasteiger partial charge is 0.412 e. The number of amides is 4. The first kappa shape index (κ1) is 31.3. The van der Waals surface area contributed by atoms with Crippen LogP contribution in [-0.2, 0) is 36.5 Å². The first-order chi connectivity index (χ1) is 20.2. The van der Waals surface area contributed by atoms with Crippen molar-refractivity contribution in [3.05, 3.63) is 71.8 Å². The van der Waals surface area contributed by atoms with E-state index in [9.17, 15) is 27.9 Å². The van der Waals surface area contributed by atoms with E-state index in [1.165, 1.54) is 9.80 Å². The molecular weight excluding hydrogens is 564 g/mol. The molecule has 3 atom stereocenters. The maximum absolute atomic E-state index is 13.4. The average Bonchev–Trinajstić information content (AvgIpc) is 3.17. The molecule has 2 aliphatic heterocycles. The van der Waals surface area contributed by atoms with E-state index in [2.05, 4.69) is 10.6 Å². The zero-order valence-corrected chi connectivity index (χ0v) is 24.2. The Kier molecular flexibility index (Phi) is 11.2. The number of ether oxygens (including phenoxy) is 2. The molecule has 2 aliphatic rings. The van der Waals surface area contributed by atoms with Crippen molar-refractivity contribution in [2.45, 2.75) is 49.9 Å². The Hall–Kier alpha value is -3.68. The Balaban J connectivity index is 1.39. The van der Waals surface area contributed by atoms with Gasteiger partial charge in [0.25, 0.3) is 0 Å². The average molecular weight is 603 g/mol. The summed E-state index contributed by atoms with van der Waals surface area (Å²) in [6, 6.07) is 15.3. The van der Waals surface area contributed by atoms with Gasteiger partial charge in [0, 0.05) is 32.1 Å². The van der Waals surface area contributed by atoms with Crippen LogP contribution in [0.1, 0.15) is 30.4 Å². The molecule has 0 aromatic heterocycles. The molecule has 228 valence electrons. The summed E-state index contributed by atoms with van der Waals surface area (Å²) in [5.74, 6) is -1.56. The second-order valence-corrected chi connectivity index (χ2v) is 12.5. The van der Waals surface area contributed by atoms with Gasteiger partial charge in [-0.1, -0.05) is 60.7 Å². The van der Waals surface area contributed by atoms with Gasteiger partial charge in [0.1, 0.15) is 18.9 Å². The maximum atomic E-state index is 13.4. The fourth-order valence-electron chi connectivity index (χ4n) is 4.94. The lowest BCUT2D eigenvalue weighted by atomic mass is 10.1. The summed E-state index contributed by atoms with van der Waals surface area (Å²) in [5.41, 5.74) is 1.38. The minimum Gasteiger partial charge on any atom is -0.444 e. The van der Waals surface area contributed by atoms with Crippen molar-refractivity contribution in [1.82, 2.24) is 20.4 Å². The fraction of sp³-hybridized carbons (Fsp3) is 0.483. The molecule has 4 rings (SSSR count). The van der Waals surface area contributed by atoms with E-state index in [0.717, 1.165) is 5.56 Å². The Morgan fingerprint density at radius 2 is 1.62 bits per heavy atom. The normalized spacial score (nSPS) is 20.2. The van der Waals surface area contributed by atoms with Crippen LogP contribution in [0.5, 0.6) is 0 Å². The summed E-state index contributed by atoms with van der Waals surface area (Å²) in [6.45, 7) is 1.63. The van der Waals surface area contributed by atoms with Gasteiger partial charge in [0.2, 0.25) is 5.91 Å². The third kappa shape index (κ3) is 9.43. The Morgan fingerprint density at radius 1 is 0.976 bits per heavy atom. The molecule has 2 fully saturated rings. The van der Waals surface area contributed by atoms with Crippen LogP contribution in [0.15, 0.2) is 60.7 Å². The Bertz CT molecular complexity index is 1290. The molecule has 0 aliphatic carbocycles. The van der Waals surface area contributed by atoms with Gasteiger partial charge in [-0.25, -0.2) is 18.0 Å². The number of aliphatic hydroxyl groups is 1. The minimum atomic E-state index is -3.80. The Morgan fingerprint density at radius 3 is 2.29 bits per heavy atom. The van der Waals surface area contributed by atoms with Crippen molar-refractivity contribution in [3.8, 4) is 0 Å². The van der Waals surface area contributed by atoms with E-state index in [4.69, 9.17) is 9.47 Å². The number of sulfone groups is 1. The fourth-order valence-corrected chi connectivity index (χ4v) is 6.50. The predicted octanol–water partition coefficient (Wildman–Crippen LogP) is 1.64. The number of benzene rings is 2. The zero-order valence-electron chi connectivity index (χ0n) is 23.4. The van der Waals surface area contributed by atoms with Crippen LogP contribution in [0.25, 0.3) is 0 Å². The molecule has 4 amide bonds. The van der Waals surface area contributed by atoms with Crippen LogP contribution in [-0.4, -0.2) is 98.3 Å². The van der Waals surface area contributed by atoms with Crippen molar-refractivity contribution in [3.63, 3.8) is 0 Å². The van der Waals surface area contributed by atoms with Gasteiger partial charge in [-0.05, 0) is 24.0 Å². The minimum absolute atomic E-state index is 0.0209. The molecule has 42 heavy (non-hydrogen) atoms. The van der Waals surface area contributed by atoms with Gasteiger partial charge in [-0.2, -0.15) is 0 Å². The molecule has 2 aromatic carbocycles. The van der Waals surface area contributed by atoms with Crippen LogP contribution in [0, 0.1) is 0 Å². The van der Waals surface area contributed by atoms with Crippen molar-refractivity contribution < 1.29 is 37.4 Å². The lowest BCUT2D eigenvalue weighted by molar-refractivity contribution is -0.123. The standard InChI is InChI=1S/C29H38N4O8S/c34-26-18-24(12-7-13-33(26)29(37)41-19-22-8-3-1-4-9-22)30-27(35)25(31-28(36)32-14-16-40-17-15-32)21-42(38,39)20-23-10-5-2-6-11-23/h1-6,8-11,24-26,34H,7,12-21H2,(H,30,35)(H,31,36). The van der Waals surface area contributed by atoms with E-state index >= 15 is 0 Å². The van der Waals surface area contributed by atoms with E-state index < -0.39 is 51.9 Å². The zero-order chi connectivity index (χ0) is 30.0. The lowest BCUT2D eigenvalue weighted by Gasteiger charge is -2.30. The number of hydrogen-bond acceptors (Lipinski definition) is 8. The number of likely N-dealkylation sites (tertiary alicyclic amines) is 1. The highest BCUT2D eigenvalue weighted by molar-refractivity contribution is 7.90. The summed E-state index contributed by atoms with van der Waals surface area (Å²) >= 11 is 0. The summed E-state index contributed by atoms with van der Waals surface area (Å²) in [4.78, 5) is 41.7. The van der Waals surface area contributed by atoms with Crippen molar-refractivity contribution in [1.29, 1.82) is 0 Å². The van der Waals surface area contributed by atoms with Gasteiger partial charge in [0.05, 0.1) is 24.7 Å². The molecular formula is C29H38N4O8S. The molecule has 3 N–H and O–H groups in total. The number of urea groups is 1. The highest BCUT2D eigenvalue weighted by Crippen LogP contribution is 2.18. The number of hydrogen-bond donors (Lipinski definition) is 3.